The van der Waals surface area contributed by atoms with Gasteiger partial charge >= 0.3 is 0 Å². The van der Waals surface area contributed by atoms with Gasteiger partial charge in [-0.15, -0.1) is 0 Å². The maximum atomic E-state index is 10.9. The molecule has 5 nitrogen and oxygen atoms in total. The van der Waals surface area contributed by atoms with Crippen LogP contribution in [0.1, 0.15) is 6.92 Å². The number of fused-ring (bicyclic) bond motifs is 1. The van der Waals surface area contributed by atoms with Gasteiger partial charge < -0.3 is 16.2 Å². The summed E-state index contributed by atoms with van der Waals surface area (Å²) in [5, 5.41) is 13.1. The molecule has 5 heteroatoms. The number of carbonyl (C=O) groups is 1. The number of phenols is 1. The molecule has 2 aromatic rings. The van der Waals surface area contributed by atoms with Crippen LogP contribution in [0.5, 0.6) is 5.75 Å². The smallest absolute Gasteiger partial charge is 0.221 e. The van der Waals surface area contributed by atoms with Crippen LogP contribution in [-0.4, -0.2) is 16.0 Å². The maximum Gasteiger partial charge on any atom is 0.221 e. The van der Waals surface area contributed by atoms with Gasteiger partial charge in [0, 0.05) is 24.2 Å². The van der Waals surface area contributed by atoms with Crippen LogP contribution < -0.4 is 11.1 Å². The zero-order chi connectivity index (χ0) is 11.7. The predicted octanol–water partition coefficient (Wildman–Crippen LogP) is 1.48. The number of carbonyl (C=O) groups excluding carboxylic acids is 1. The molecule has 0 aliphatic heterocycles. The lowest BCUT2D eigenvalue weighted by molar-refractivity contribution is -0.114. The molecule has 0 saturated carbocycles. The third kappa shape index (κ3) is 1.63. The Bertz CT molecular complexity index is 566. The first-order valence-electron chi connectivity index (χ1n) is 4.73. The topological polar surface area (TPSA) is 88.2 Å². The summed E-state index contributed by atoms with van der Waals surface area (Å²) in [5.41, 5.74) is 6.99. The van der Waals surface area contributed by atoms with Crippen molar-refractivity contribution in [1.82, 2.24) is 4.98 Å². The van der Waals surface area contributed by atoms with Crippen molar-refractivity contribution in [2.75, 3.05) is 11.1 Å². The van der Waals surface area contributed by atoms with Gasteiger partial charge in [-0.25, -0.2) is 0 Å². The number of nitrogens with one attached hydrogen (secondary N) is 1. The standard InChI is InChI=1S/C11H11N3O2/c1-6(15)14-9-3-2-7-8(12)4-5-13-10(7)11(9)16/h2-5,16H,1H3,(H2,12,13)(H,14,15). The fourth-order valence-electron chi connectivity index (χ4n) is 1.52. The zero-order valence-corrected chi connectivity index (χ0v) is 8.69. The summed E-state index contributed by atoms with van der Waals surface area (Å²) in [6.07, 6.45) is 1.51. The molecule has 0 unspecified atom stereocenters. The lowest BCUT2D eigenvalue weighted by Crippen LogP contribution is -2.06. The molecule has 0 aliphatic rings. The first kappa shape index (κ1) is 10.2. The SMILES string of the molecule is CC(=O)Nc1ccc2c(N)ccnc2c1O. The highest BCUT2D eigenvalue weighted by atomic mass is 16.3. The highest BCUT2D eigenvalue weighted by Gasteiger charge is 2.09. The lowest BCUT2D eigenvalue weighted by atomic mass is 10.1. The second-order valence-electron chi connectivity index (χ2n) is 3.44. The molecule has 0 spiro atoms. The summed E-state index contributed by atoms with van der Waals surface area (Å²) in [6.45, 7) is 1.37. The number of nitrogens with two attached hydrogens (primary N) is 1. The van der Waals surface area contributed by atoms with E-state index in [0.717, 1.165) is 0 Å². The van der Waals surface area contributed by atoms with E-state index in [4.69, 9.17) is 5.73 Å². The molecule has 4 N–H and O–H groups in total. The van der Waals surface area contributed by atoms with Crippen LogP contribution in [0.15, 0.2) is 24.4 Å². The molecule has 0 atom stereocenters. The number of benzene rings is 1. The summed E-state index contributed by atoms with van der Waals surface area (Å²) < 4.78 is 0. The van der Waals surface area contributed by atoms with Crippen molar-refractivity contribution in [3.63, 3.8) is 0 Å². The first-order chi connectivity index (χ1) is 7.59. The van der Waals surface area contributed by atoms with Crippen molar-refractivity contribution < 1.29 is 9.90 Å². The van der Waals surface area contributed by atoms with E-state index in [0.29, 0.717) is 22.3 Å². The molecule has 0 radical (unpaired) electrons. The van der Waals surface area contributed by atoms with Gasteiger partial charge in [-0.2, -0.15) is 0 Å². The molecule has 2 rings (SSSR count). The Balaban J connectivity index is 2.65. The second-order valence-corrected chi connectivity index (χ2v) is 3.44. The summed E-state index contributed by atoms with van der Waals surface area (Å²) in [4.78, 5) is 14.9. The molecule has 82 valence electrons. The molecule has 0 saturated heterocycles. The number of anilines is 2. The fraction of sp³-hybridized carbons (Fsp3) is 0.0909. The first-order valence-corrected chi connectivity index (χ1v) is 4.73. The highest BCUT2D eigenvalue weighted by Crippen LogP contribution is 2.33. The summed E-state index contributed by atoms with van der Waals surface area (Å²) in [5.74, 6) is -0.321. The van der Waals surface area contributed by atoms with Crippen LogP contribution in [-0.2, 0) is 4.79 Å². The van der Waals surface area contributed by atoms with Gasteiger partial charge in [0.05, 0.1) is 5.69 Å². The van der Waals surface area contributed by atoms with Crippen molar-refractivity contribution in [3.05, 3.63) is 24.4 Å². The maximum absolute atomic E-state index is 10.9. The molecule has 1 aromatic heterocycles. The Morgan fingerprint density at radius 3 is 2.88 bits per heavy atom. The minimum absolute atomic E-state index is 0.0694. The molecule has 0 bridgehead atoms. The van der Waals surface area contributed by atoms with Crippen molar-refractivity contribution in [3.8, 4) is 5.75 Å². The molecule has 0 aliphatic carbocycles. The number of amides is 1. The van der Waals surface area contributed by atoms with Crippen molar-refractivity contribution in [2.24, 2.45) is 0 Å². The largest absolute Gasteiger partial charge is 0.504 e. The number of phenolic OH excluding ortho intramolecular Hbond substituents is 1. The van der Waals surface area contributed by atoms with Gasteiger partial charge in [-0.05, 0) is 18.2 Å². The van der Waals surface area contributed by atoms with E-state index in [2.05, 4.69) is 10.3 Å². The Morgan fingerprint density at radius 2 is 2.19 bits per heavy atom. The fourth-order valence-corrected chi connectivity index (χ4v) is 1.52. The third-order valence-corrected chi connectivity index (χ3v) is 2.23. The average molecular weight is 217 g/mol. The number of nitrogen functional groups attached to an aromatic ring is 1. The number of hydrogen-bond donors (Lipinski definition) is 3. The van der Waals surface area contributed by atoms with Gasteiger partial charge in [0.2, 0.25) is 5.91 Å². The van der Waals surface area contributed by atoms with Gasteiger partial charge in [0.1, 0.15) is 5.52 Å². The quantitative estimate of drug-likeness (QED) is 0.631. The van der Waals surface area contributed by atoms with Crippen LogP contribution in [0.2, 0.25) is 0 Å². The second kappa shape index (κ2) is 3.69. The monoisotopic (exact) mass is 217 g/mol. The van der Waals surface area contributed by atoms with Gasteiger partial charge in [-0.3, -0.25) is 9.78 Å². The molecular formula is C11H11N3O2. The van der Waals surface area contributed by atoms with E-state index in [9.17, 15) is 9.90 Å². The van der Waals surface area contributed by atoms with Crippen LogP contribution in [0, 0.1) is 0 Å². The van der Waals surface area contributed by atoms with Crippen LogP contribution in [0.25, 0.3) is 10.9 Å². The molecule has 16 heavy (non-hydrogen) atoms. The normalized spacial score (nSPS) is 10.3. The summed E-state index contributed by atoms with van der Waals surface area (Å²) in [7, 11) is 0. The van der Waals surface area contributed by atoms with Crippen LogP contribution >= 0.6 is 0 Å². The molecule has 1 aromatic carbocycles. The Labute approximate surface area is 91.9 Å². The summed E-state index contributed by atoms with van der Waals surface area (Å²) in [6, 6.07) is 4.96. The number of hydrogen-bond acceptors (Lipinski definition) is 4. The zero-order valence-electron chi connectivity index (χ0n) is 8.69. The highest BCUT2D eigenvalue weighted by molar-refractivity contribution is 6.00. The Kier molecular flexibility index (Phi) is 2.36. The van der Waals surface area contributed by atoms with Gasteiger partial charge in [-0.1, -0.05) is 0 Å². The number of nitrogens with zero attached hydrogens (tertiary/aromatic N) is 1. The molecule has 0 fully saturated rings. The van der Waals surface area contributed by atoms with E-state index < -0.39 is 0 Å². The average Bonchev–Trinajstić information content (AvgIpc) is 2.23. The summed E-state index contributed by atoms with van der Waals surface area (Å²) >= 11 is 0. The van der Waals surface area contributed by atoms with E-state index in [1.165, 1.54) is 13.1 Å². The molecular weight excluding hydrogens is 206 g/mol. The minimum Gasteiger partial charge on any atom is -0.504 e. The van der Waals surface area contributed by atoms with Crippen molar-refractivity contribution >= 4 is 28.2 Å². The Hall–Kier alpha value is -2.30. The molecule has 1 amide bonds. The number of pyridine rings is 1. The number of rotatable bonds is 1. The van der Waals surface area contributed by atoms with E-state index >= 15 is 0 Å². The van der Waals surface area contributed by atoms with Crippen LogP contribution in [0.3, 0.4) is 0 Å². The van der Waals surface area contributed by atoms with E-state index in [-0.39, 0.29) is 11.7 Å². The lowest BCUT2D eigenvalue weighted by Gasteiger charge is -2.08. The van der Waals surface area contributed by atoms with Crippen molar-refractivity contribution in [1.29, 1.82) is 0 Å². The predicted molar refractivity (Wildman–Crippen MR) is 62.1 cm³/mol. The third-order valence-electron chi connectivity index (χ3n) is 2.23. The van der Waals surface area contributed by atoms with E-state index in [1.54, 1.807) is 18.2 Å². The van der Waals surface area contributed by atoms with Crippen molar-refractivity contribution in [2.45, 2.75) is 6.92 Å². The van der Waals surface area contributed by atoms with E-state index in [1.807, 2.05) is 0 Å². The minimum atomic E-state index is -0.251. The van der Waals surface area contributed by atoms with Gasteiger partial charge in [0.25, 0.3) is 0 Å². The number of aromatic hydroxyl groups is 1. The Morgan fingerprint density at radius 1 is 1.44 bits per heavy atom. The van der Waals surface area contributed by atoms with Gasteiger partial charge in [0.15, 0.2) is 5.75 Å². The van der Waals surface area contributed by atoms with Crippen LogP contribution in [0.4, 0.5) is 11.4 Å². The number of aromatic nitrogens is 1. The molecule has 1 heterocycles.